The van der Waals surface area contributed by atoms with Crippen molar-refractivity contribution in [3.8, 4) is 0 Å². The summed E-state index contributed by atoms with van der Waals surface area (Å²) in [5.41, 5.74) is 15.1. The SMILES string of the molecule is Cc1nc(C2C3=N/C(=C(/c4ncc(C)n4C)c4ccc([n-]4)/C(c4nc(C)c(C)n4C)=C4/C=CC(=N4)/C(c4nc(C)c(C)n4C)=C4/C=CC2[N-]4)C=C3)[nH]c1C.[Mn+2]. The van der Waals surface area contributed by atoms with E-state index in [2.05, 4.69) is 88.0 Å². The summed E-state index contributed by atoms with van der Waals surface area (Å²) in [6.45, 7) is 14.4. The summed E-state index contributed by atoms with van der Waals surface area (Å²) >= 11 is 0. The van der Waals surface area contributed by atoms with Crippen LogP contribution in [0.3, 0.4) is 0 Å². The summed E-state index contributed by atoms with van der Waals surface area (Å²) in [6.07, 6.45) is 14.4. The number of aliphatic imine (C=N–C) groups is 2. The molecule has 8 bridgehead atoms. The van der Waals surface area contributed by atoms with Crippen LogP contribution in [0.15, 0.2) is 81.9 Å². The molecule has 4 aliphatic heterocycles. The molecule has 0 fully saturated rings. The second kappa shape index (κ2) is 13.2. The van der Waals surface area contributed by atoms with Gasteiger partial charge < -0.3 is 29.0 Å². The number of nitrogens with one attached hydrogen (secondary N) is 1. The van der Waals surface area contributed by atoms with Crippen LogP contribution in [0.2, 0.25) is 0 Å². The number of fused-ring (bicyclic) bond motifs is 6. The van der Waals surface area contributed by atoms with Gasteiger partial charge in [-0.2, -0.15) is 0 Å². The van der Waals surface area contributed by atoms with Crippen molar-refractivity contribution in [1.82, 2.24) is 43.6 Å². The fourth-order valence-electron chi connectivity index (χ4n) is 7.63. The third-order valence-corrected chi connectivity index (χ3v) is 11.4. The molecule has 0 saturated heterocycles. The molecule has 0 aromatic carbocycles. The number of hydrogen-bond donors (Lipinski definition) is 1. The minimum atomic E-state index is -0.296. The third kappa shape index (κ3) is 5.63. The van der Waals surface area contributed by atoms with Crippen LogP contribution in [0, 0.1) is 48.5 Å². The second-order valence-corrected chi connectivity index (χ2v) is 14.6. The van der Waals surface area contributed by atoms with Crippen molar-refractivity contribution in [2.45, 2.75) is 60.4 Å². The maximum absolute atomic E-state index is 5.45. The van der Waals surface area contributed by atoms with E-state index in [1.54, 1.807) is 0 Å². The van der Waals surface area contributed by atoms with Gasteiger partial charge in [-0.25, -0.2) is 24.9 Å². The monoisotopic (exact) mass is 769 g/mol. The molecule has 1 N–H and O–H groups in total. The Balaban J connectivity index is 0.00000427. The van der Waals surface area contributed by atoms with Crippen molar-refractivity contribution in [3.63, 3.8) is 0 Å². The van der Waals surface area contributed by atoms with Crippen LogP contribution in [0.25, 0.3) is 22.0 Å². The van der Waals surface area contributed by atoms with Gasteiger partial charge in [0, 0.05) is 72.8 Å². The number of aryl methyl sites for hydroxylation is 5. The molecule has 2 unspecified atom stereocenters. The van der Waals surface area contributed by atoms with E-state index in [1.165, 1.54) is 0 Å². The Morgan fingerprint density at radius 2 is 1.27 bits per heavy atom. The number of allylic oxidation sites excluding steroid dienone is 6. The molecule has 0 saturated carbocycles. The summed E-state index contributed by atoms with van der Waals surface area (Å²) in [4.78, 5) is 39.7. The number of rotatable bonds is 4. The Bertz CT molecular complexity index is 2680. The summed E-state index contributed by atoms with van der Waals surface area (Å²) in [6, 6.07) is 3.81. The van der Waals surface area contributed by atoms with Crippen molar-refractivity contribution in [1.29, 1.82) is 0 Å². The first-order valence-corrected chi connectivity index (χ1v) is 18.2. The number of aromatic nitrogens is 9. The normalized spacial score (nSPS) is 22.8. The summed E-state index contributed by atoms with van der Waals surface area (Å²) in [7, 11) is 6.12. The predicted molar refractivity (Wildman–Crippen MR) is 212 cm³/mol. The molecule has 9 heterocycles. The Hall–Kier alpha value is -5.78. The molecular weight excluding hydrogens is 727 g/mol. The van der Waals surface area contributed by atoms with Crippen LogP contribution in [0.5, 0.6) is 0 Å². The molecule has 0 aliphatic carbocycles. The van der Waals surface area contributed by atoms with E-state index in [4.69, 9.17) is 40.2 Å². The van der Waals surface area contributed by atoms with E-state index in [0.717, 1.165) is 120 Å². The minimum Gasteiger partial charge on any atom is -0.677 e. The van der Waals surface area contributed by atoms with E-state index in [1.807, 2.05) is 55.0 Å². The Morgan fingerprint density at radius 1 is 0.655 bits per heavy atom. The Kier molecular flexibility index (Phi) is 8.70. The summed E-state index contributed by atoms with van der Waals surface area (Å²) < 4.78 is 6.33. The van der Waals surface area contributed by atoms with Crippen molar-refractivity contribution in [2.75, 3.05) is 0 Å². The van der Waals surface area contributed by atoms with Crippen molar-refractivity contribution in [3.05, 3.63) is 152 Å². The molecule has 2 atom stereocenters. The van der Waals surface area contributed by atoms with Gasteiger partial charge in [0.2, 0.25) is 0 Å². The van der Waals surface area contributed by atoms with Gasteiger partial charge in [0.15, 0.2) is 0 Å². The fraction of sp³-hybridized carbons (Fsp3) is 0.286. The standard InChI is InChI=1S/C42H42N12.Mn/c1-20-19-43-40(52(20)8)36-29-13-11-27(48-29)35(39-44-21(2)22(3)45-39)28-12-14-31(49-28)37(41-46-23(4)25(6)53(41)9)33-17-18-34(51-33)38(32-16-15-30(36)50-32)42-47-24(5)26(7)54(42)10;/h11-19,28,35H,1-10H3,(H,44,45);/q-2;+2/b36-29+,37-31+,38-34+;. The average molecular weight is 770 g/mol. The number of H-pyrrole nitrogens is 1. The van der Waals surface area contributed by atoms with Crippen LogP contribution < -0.4 is 4.98 Å². The van der Waals surface area contributed by atoms with Gasteiger partial charge in [-0.15, -0.1) is 17.1 Å². The van der Waals surface area contributed by atoms with Crippen molar-refractivity contribution < 1.29 is 17.1 Å². The number of aromatic amines is 1. The maximum atomic E-state index is 5.45. The summed E-state index contributed by atoms with van der Waals surface area (Å²) in [5, 5.41) is 5.45. The van der Waals surface area contributed by atoms with Gasteiger partial charge in [0.05, 0.1) is 39.9 Å². The largest absolute Gasteiger partial charge is 2.00 e. The van der Waals surface area contributed by atoms with E-state index in [9.17, 15) is 0 Å². The van der Waals surface area contributed by atoms with Crippen LogP contribution in [0.4, 0.5) is 0 Å². The van der Waals surface area contributed by atoms with Crippen LogP contribution >= 0.6 is 0 Å². The fourth-order valence-corrected chi connectivity index (χ4v) is 7.63. The summed E-state index contributed by atoms with van der Waals surface area (Å²) in [5.74, 6) is 2.91. The molecule has 12 nitrogen and oxygen atoms in total. The van der Waals surface area contributed by atoms with E-state index in [0.29, 0.717) is 0 Å². The molecule has 1 radical (unpaired) electrons. The first-order chi connectivity index (χ1) is 25.9. The van der Waals surface area contributed by atoms with E-state index >= 15 is 0 Å². The average Bonchev–Trinajstić information content (AvgIpc) is 4.02. The van der Waals surface area contributed by atoms with Crippen molar-refractivity contribution in [2.24, 2.45) is 31.1 Å². The smallest absolute Gasteiger partial charge is 0.677 e. The van der Waals surface area contributed by atoms with Gasteiger partial charge in [-0.3, -0.25) is 4.99 Å². The first-order valence-electron chi connectivity index (χ1n) is 18.2. The van der Waals surface area contributed by atoms with Gasteiger partial charge in [-0.1, -0.05) is 30.3 Å². The van der Waals surface area contributed by atoms with Crippen molar-refractivity contribution >= 4 is 28.1 Å². The molecule has 4 aliphatic rings. The Labute approximate surface area is 330 Å². The molecule has 0 amide bonds. The molecule has 0 spiro atoms. The van der Waals surface area contributed by atoms with Gasteiger partial charge >= 0.3 is 17.1 Å². The van der Waals surface area contributed by atoms with E-state index in [-0.39, 0.29) is 29.0 Å². The first kappa shape index (κ1) is 36.2. The zero-order chi connectivity index (χ0) is 37.7. The zero-order valence-electron chi connectivity index (χ0n) is 32.6. The Morgan fingerprint density at radius 3 is 1.85 bits per heavy atom. The van der Waals surface area contributed by atoms with Crippen LogP contribution in [-0.2, 0) is 38.2 Å². The second-order valence-electron chi connectivity index (χ2n) is 14.6. The van der Waals surface area contributed by atoms with Gasteiger partial charge in [0.25, 0.3) is 0 Å². The maximum Gasteiger partial charge on any atom is 2.00 e. The molecule has 55 heavy (non-hydrogen) atoms. The number of hydrogen-bond acceptors (Lipinski definition) is 6. The topological polar surface area (TPSA) is 135 Å². The quantitative estimate of drug-likeness (QED) is 0.201. The van der Waals surface area contributed by atoms with Gasteiger partial charge in [-0.05, 0) is 72.8 Å². The van der Waals surface area contributed by atoms with Gasteiger partial charge in [0.1, 0.15) is 23.3 Å². The van der Waals surface area contributed by atoms with Crippen LogP contribution in [0.1, 0.15) is 80.5 Å². The predicted octanol–water partition coefficient (Wildman–Crippen LogP) is 6.79. The molecule has 9 rings (SSSR count). The van der Waals surface area contributed by atoms with E-state index < -0.39 is 0 Å². The number of nitrogens with zero attached hydrogens (tertiary/aromatic N) is 11. The number of imidazole rings is 4. The minimum absolute atomic E-state index is 0. The molecule has 5 aromatic heterocycles. The zero-order valence-corrected chi connectivity index (χ0v) is 33.8. The molecule has 13 heteroatoms. The molecule has 5 aromatic rings. The van der Waals surface area contributed by atoms with Crippen LogP contribution in [-0.4, -0.2) is 56.1 Å². The third-order valence-electron chi connectivity index (χ3n) is 11.4. The molecule has 277 valence electrons. The molecular formula is C42H42MnN12.